The van der Waals surface area contributed by atoms with Gasteiger partial charge in [-0.1, -0.05) is 55.4 Å². The lowest BCUT2D eigenvalue weighted by Gasteiger charge is -2.74. The highest BCUT2D eigenvalue weighted by Crippen LogP contribution is 2.77. The molecule has 1 heteroatoms. The Labute approximate surface area is 193 Å². The Balaban J connectivity index is 1.53. The molecule has 5 fully saturated rings. The molecule has 0 aliphatic heterocycles. The average molecular weight is 429 g/mol. The molecule has 0 bridgehead atoms. The molecule has 9 atom stereocenters. The van der Waals surface area contributed by atoms with E-state index in [0.717, 1.165) is 24.2 Å². The molecular weight excluding hydrogens is 376 g/mol. The number of hydrogen-bond acceptors (Lipinski definition) is 1. The molecule has 0 saturated heterocycles. The molecule has 5 aliphatic carbocycles. The van der Waals surface area contributed by atoms with Crippen LogP contribution in [0.25, 0.3) is 0 Å². The van der Waals surface area contributed by atoms with E-state index in [-0.39, 0.29) is 11.5 Å². The van der Waals surface area contributed by atoms with Crippen LogP contribution in [0.15, 0.2) is 0 Å². The summed E-state index contributed by atoms with van der Waals surface area (Å²) in [6.07, 6.45) is 15.1. The Morgan fingerprint density at radius 2 is 1.16 bits per heavy atom. The van der Waals surface area contributed by atoms with Crippen molar-refractivity contribution in [2.75, 3.05) is 0 Å². The van der Waals surface area contributed by atoms with Gasteiger partial charge in [0.05, 0.1) is 6.10 Å². The fraction of sp³-hybridized carbons (Fsp3) is 1.00. The molecule has 0 amide bonds. The molecule has 0 aromatic carbocycles. The lowest BCUT2D eigenvalue weighted by Crippen LogP contribution is -2.67. The van der Waals surface area contributed by atoms with E-state index in [1.165, 1.54) is 64.2 Å². The van der Waals surface area contributed by atoms with E-state index in [4.69, 9.17) is 0 Å². The Bertz CT molecular complexity index is 737. The Morgan fingerprint density at radius 3 is 1.87 bits per heavy atom. The lowest BCUT2D eigenvalue weighted by atomic mass is 9.31. The Hall–Kier alpha value is -0.0400. The highest BCUT2D eigenvalue weighted by molar-refractivity contribution is 5.18. The van der Waals surface area contributed by atoms with E-state index in [1.807, 2.05) is 0 Å². The molecule has 5 aliphatic rings. The third kappa shape index (κ3) is 2.83. The van der Waals surface area contributed by atoms with E-state index >= 15 is 0 Å². The second-order valence-electron chi connectivity index (χ2n) is 15.7. The van der Waals surface area contributed by atoms with Gasteiger partial charge < -0.3 is 5.11 Å². The Kier molecular flexibility index (Phi) is 4.80. The third-order valence-electron chi connectivity index (χ3n) is 13.7. The minimum absolute atomic E-state index is 0.0943. The second kappa shape index (κ2) is 6.55. The molecule has 1 nitrogen and oxygen atoms in total. The van der Waals surface area contributed by atoms with Crippen LogP contribution in [0.3, 0.4) is 0 Å². The van der Waals surface area contributed by atoms with Gasteiger partial charge in [0.15, 0.2) is 0 Å². The van der Waals surface area contributed by atoms with Crippen molar-refractivity contribution >= 4 is 0 Å². The van der Waals surface area contributed by atoms with E-state index in [2.05, 4.69) is 55.4 Å². The molecule has 0 spiro atoms. The predicted octanol–water partition coefficient (Wildman–Crippen LogP) is 8.25. The van der Waals surface area contributed by atoms with Gasteiger partial charge in [0.2, 0.25) is 0 Å². The number of rotatable bonds is 0. The standard InChI is InChI=1S/C30H52O/c1-25(2)13-14-27(5)15-17-29(7)22-11-9-20-21(10-12-24(31)26(20,3)4)28(22,6)16-18-30(29,8)23(27)19-25/h20-24,31H,9-19H2,1-8H3/t20-,21+,22-,23+,24-,27+,28-,29+,30-/m0/s1. The summed E-state index contributed by atoms with van der Waals surface area (Å²) in [4.78, 5) is 0. The SMILES string of the molecule is CC1(C)CC[C@]2(C)CC[C@]3(C)[C@H]4CC[C@H]5[C@@H](CC[C@H](O)C5(C)C)[C@]4(C)CC[C@@]3(C)[C@@H]2C1. The van der Waals surface area contributed by atoms with Gasteiger partial charge in [0.1, 0.15) is 0 Å². The molecule has 5 rings (SSSR count). The third-order valence-corrected chi connectivity index (χ3v) is 13.7. The van der Waals surface area contributed by atoms with E-state index in [0.29, 0.717) is 33.0 Å². The van der Waals surface area contributed by atoms with E-state index < -0.39 is 0 Å². The minimum atomic E-state index is -0.0989. The molecule has 0 unspecified atom stereocenters. The van der Waals surface area contributed by atoms with Crippen molar-refractivity contribution in [1.82, 2.24) is 0 Å². The molecular formula is C30H52O. The van der Waals surface area contributed by atoms with E-state index in [1.54, 1.807) is 0 Å². The zero-order chi connectivity index (χ0) is 22.7. The average Bonchev–Trinajstić information content (AvgIpc) is 2.68. The fourth-order valence-corrected chi connectivity index (χ4v) is 11.2. The Morgan fingerprint density at radius 1 is 0.581 bits per heavy atom. The summed E-state index contributed by atoms with van der Waals surface area (Å²) in [5.41, 5.74) is 2.66. The van der Waals surface area contributed by atoms with Crippen LogP contribution in [-0.4, -0.2) is 11.2 Å². The zero-order valence-electron chi connectivity index (χ0n) is 22.1. The molecule has 0 heterocycles. The number of aliphatic hydroxyl groups is 1. The van der Waals surface area contributed by atoms with Crippen LogP contribution in [0.4, 0.5) is 0 Å². The van der Waals surface area contributed by atoms with Gasteiger partial charge >= 0.3 is 0 Å². The topological polar surface area (TPSA) is 20.2 Å². The van der Waals surface area contributed by atoms with Crippen molar-refractivity contribution in [1.29, 1.82) is 0 Å². The second-order valence-corrected chi connectivity index (χ2v) is 15.7. The summed E-state index contributed by atoms with van der Waals surface area (Å²) in [6.45, 7) is 20.8. The maximum absolute atomic E-state index is 10.8. The van der Waals surface area contributed by atoms with Gasteiger partial charge in [-0.15, -0.1) is 0 Å². The molecule has 0 aromatic rings. The van der Waals surface area contributed by atoms with Crippen molar-refractivity contribution in [3.8, 4) is 0 Å². The number of fused-ring (bicyclic) bond motifs is 7. The molecule has 0 aromatic heterocycles. The summed E-state index contributed by atoms with van der Waals surface area (Å²) in [5.74, 6) is 3.31. The first-order valence-corrected chi connectivity index (χ1v) is 13.9. The van der Waals surface area contributed by atoms with Gasteiger partial charge in [-0.2, -0.15) is 0 Å². The molecule has 1 N–H and O–H groups in total. The molecule has 5 saturated carbocycles. The highest BCUT2D eigenvalue weighted by Gasteiger charge is 2.69. The van der Waals surface area contributed by atoms with Gasteiger partial charge in [-0.25, -0.2) is 0 Å². The van der Waals surface area contributed by atoms with Crippen molar-refractivity contribution in [2.45, 2.75) is 132 Å². The van der Waals surface area contributed by atoms with Crippen molar-refractivity contribution in [3.05, 3.63) is 0 Å². The van der Waals surface area contributed by atoms with Crippen molar-refractivity contribution in [3.63, 3.8) is 0 Å². The first-order chi connectivity index (χ1) is 14.2. The highest BCUT2D eigenvalue weighted by atomic mass is 16.3. The zero-order valence-corrected chi connectivity index (χ0v) is 22.1. The summed E-state index contributed by atoms with van der Waals surface area (Å²) in [7, 11) is 0. The first kappa shape index (κ1) is 22.7. The van der Waals surface area contributed by atoms with Crippen LogP contribution >= 0.6 is 0 Å². The van der Waals surface area contributed by atoms with Gasteiger partial charge in [0.25, 0.3) is 0 Å². The predicted molar refractivity (Wildman–Crippen MR) is 131 cm³/mol. The monoisotopic (exact) mass is 428 g/mol. The van der Waals surface area contributed by atoms with E-state index in [9.17, 15) is 5.11 Å². The van der Waals surface area contributed by atoms with Crippen LogP contribution in [0.5, 0.6) is 0 Å². The summed E-state index contributed by atoms with van der Waals surface area (Å²) >= 11 is 0. The quantitative estimate of drug-likeness (QED) is 0.412. The summed E-state index contributed by atoms with van der Waals surface area (Å²) in [6, 6.07) is 0. The smallest absolute Gasteiger partial charge is 0.0594 e. The number of aliphatic hydroxyl groups excluding tert-OH is 1. The van der Waals surface area contributed by atoms with Crippen molar-refractivity contribution in [2.24, 2.45) is 56.2 Å². The van der Waals surface area contributed by atoms with Crippen LogP contribution in [0.1, 0.15) is 126 Å². The molecule has 31 heavy (non-hydrogen) atoms. The number of hydrogen-bond donors (Lipinski definition) is 1. The summed E-state index contributed by atoms with van der Waals surface area (Å²) in [5, 5.41) is 10.8. The first-order valence-electron chi connectivity index (χ1n) is 13.9. The lowest BCUT2D eigenvalue weighted by molar-refractivity contribution is -0.255. The maximum atomic E-state index is 10.8. The van der Waals surface area contributed by atoms with Gasteiger partial charge in [0, 0.05) is 0 Å². The van der Waals surface area contributed by atoms with Crippen LogP contribution in [-0.2, 0) is 0 Å². The van der Waals surface area contributed by atoms with Crippen LogP contribution in [0, 0.1) is 56.2 Å². The largest absolute Gasteiger partial charge is 0.393 e. The van der Waals surface area contributed by atoms with Gasteiger partial charge in [-0.3, -0.25) is 0 Å². The van der Waals surface area contributed by atoms with Crippen molar-refractivity contribution < 1.29 is 5.11 Å². The molecule has 178 valence electrons. The normalized spacial score (nSPS) is 57.8. The summed E-state index contributed by atoms with van der Waals surface area (Å²) < 4.78 is 0. The molecule has 0 radical (unpaired) electrons. The maximum Gasteiger partial charge on any atom is 0.0594 e. The fourth-order valence-electron chi connectivity index (χ4n) is 11.2. The van der Waals surface area contributed by atoms with Crippen LogP contribution in [0.2, 0.25) is 0 Å². The van der Waals surface area contributed by atoms with Gasteiger partial charge in [-0.05, 0) is 127 Å². The van der Waals surface area contributed by atoms with Crippen LogP contribution < -0.4 is 0 Å². The minimum Gasteiger partial charge on any atom is -0.393 e.